The van der Waals surface area contributed by atoms with E-state index in [1.54, 1.807) is 13.8 Å². The van der Waals surface area contributed by atoms with Crippen molar-refractivity contribution >= 4 is 5.78 Å². The molecule has 10 atom stereocenters. The maximum absolute atomic E-state index is 12.8. The first kappa shape index (κ1) is 28.5. The molecule has 14 heteroatoms. The van der Waals surface area contributed by atoms with Crippen LogP contribution in [0.5, 0.6) is 17.2 Å². The zero-order chi connectivity index (χ0) is 26.9. The summed E-state index contributed by atoms with van der Waals surface area (Å²) in [5.74, 6) is -2.46. The molecular weight excluding hydrogens is 488 g/mol. The number of benzene rings is 1. The van der Waals surface area contributed by atoms with Crippen molar-refractivity contribution in [3.63, 3.8) is 0 Å². The molecule has 1 aromatic carbocycles. The average Bonchev–Trinajstić information content (AvgIpc) is 2.84. The predicted octanol–water partition coefficient (Wildman–Crippen LogP) is -3.41. The summed E-state index contributed by atoms with van der Waals surface area (Å²) in [7, 11) is 0. The first-order valence-electron chi connectivity index (χ1n) is 11.3. The second kappa shape index (κ2) is 11.5. The fraction of sp³-hybridized carbons (Fsp3) is 0.682. The van der Waals surface area contributed by atoms with Crippen molar-refractivity contribution in [3.8, 4) is 17.2 Å². The molecule has 2 aliphatic heterocycles. The van der Waals surface area contributed by atoms with E-state index >= 15 is 0 Å². The van der Waals surface area contributed by atoms with Crippen molar-refractivity contribution in [2.75, 3.05) is 13.2 Å². The molecule has 2 aliphatic rings. The predicted molar refractivity (Wildman–Crippen MR) is 116 cm³/mol. The monoisotopic (exact) mass is 520 g/mol. The molecule has 0 amide bonds. The topological polar surface area (TPSA) is 236 Å². The van der Waals surface area contributed by atoms with Crippen LogP contribution in [0.15, 0.2) is 12.1 Å². The smallest absolute Gasteiger partial charge is 0.229 e. The van der Waals surface area contributed by atoms with Gasteiger partial charge in [-0.3, -0.25) is 4.79 Å². The molecule has 0 radical (unpaired) electrons. The van der Waals surface area contributed by atoms with E-state index in [0.717, 1.165) is 12.1 Å². The highest BCUT2D eigenvalue weighted by molar-refractivity contribution is 6.02. The molecule has 36 heavy (non-hydrogen) atoms. The summed E-state index contributed by atoms with van der Waals surface area (Å²) in [6.07, 6.45) is -16.3. The Kier molecular flexibility index (Phi) is 9.11. The van der Waals surface area contributed by atoms with Gasteiger partial charge in [-0.25, -0.2) is 0 Å². The van der Waals surface area contributed by atoms with Crippen LogP contribution in [0.25, 0.3) is 0 Å². The third-order valence-electron chi connectivity index (χ3n) is 6.02. The first-order chi connectivity index (χ1) is 16.9. The van der Waals surface area contributed by atoms with E-state index < -0.39 is 92.1 Å². The number of aromatic hydroxyl groups is 1. The number of carbonyl (C=O) groups excluding carboxylic acids is 1. The molecule has 14 nitrogen and oxygen atoms in total. The molecule has 2 saturated heterocycles. The normalized spacial score (nSPS) is 37.1. The minimum absolute atomic E-state index is 0.253. The molecule has 0 bridgehead atoms. The average molecular weight is 520 g/mol. The largest absolute Gasteiger partial charge is 0.507 e. The van der Waals surface area contributed by atoms with Gasteiger partial charge in [-0.05, 0) is 0 Å². The highest BCUT2D eigenvalue weighted by atomic mass is 16.7. The quantitative estimate of drug-likeness (QED) is 0.152. The minimum Gasteiger partial charge on any atom is -0.507 e. The van der Waals surface area contributed by atoms with E-state index in [2.05, 4.69) is 0 Å². The van der Waals surface area contributed by atoms with E-state index in [4.69, 9.17) is 18.9 Å². The van der Waals surface area contributed by atoms with Gasteiger partial charge in [0.1, 0.15) is 71.6 Å². The number of ketones is 1. The van der Waals surface area contributed by atoms with Crippen LogP contribution < -0.4 is 9.47 Å². The van der Waals surface area contributed by atoms with E-state index in [-0.39, 0.29) is 17.1 Å². The number of aliphatic hydroxyl groups excluding tert-OH is 8. The Morgan fingerprint density at radius 1 is 0.806 bits per heavy atom. The molecule has 3 rings (SSSR count). The summed E-state index contributed by atoms with van der Waals surface area (Å²) in [4.78, 5) is 12.8. The van der Waals surface area contributed by atoms with Crippen LogP contribution in [0.1, 0.15) is 24.2 Å². The zero-order valence-corrected chi connectivity index (χ0v) is 19.5. The number of ether oxygens (including phenoxy) is 4. The van der Waals surface area contributed by atoms with Gasteiger partial charge in [-0.2, -0.15) is 0 Å². The lowest BCUT2D eigenvalue weighted by atomic mass is 9.97. The Hall–Kier alpha value is -2.11. The fourth-order valence-electron chi connectivity index (χ4n) is 3.86. The van der Waals surface area contributed by atoms with Crippen molar-refractivity contribution < 1.29 is 69.7 Å². The fourth-order valence-corrected chi connectivity index (χ4v) is 3.86. The Bertz CT molecular complexity index is 905. The van der Waals surface area contributed by atoms with Crippen LogP contribution in [0.2, 0.25) is 0 Å². The van der Waals surface area contributed by atoms with Crippen LogP contribution in [0.4, 0.5) is 0 Å². The molecule has 0 saturated carbocycles. The third-order valence-corrected chi connectivity index (χ3v) is 6.02. The Labute approximate surface area is 205 Å². The molecule has 0 aromatic heterocycles. The van der Waals surface area contributed by atoms with Crippen molar-refractivity contribution in [2.45, 2.75) is 75.3 Å². The van der Waals surface area contributed by atoms with E-state index in [1.807, 2.05) is 0 Å². The number of aliphatic hydroxyl groups is 8. The number of carbonyl (C=O) groups is 1. The van der Waals surface area contributed by atoms with E-state index in [0.29, 0.717) is 0 Å². The zero-order valence-electron chi connectivity index (χ0n) is 19.5. The van der Waals surface area contributed by atoms with Gasteiger partial charge in [0, 0.05) is 18.1 Å². The minimum atomic E-state index is -1.82. The van der Waals surface area contributed by atoms with Gasteiger partial charge in [0.05, 0.1) is 13.2 Å². The molecule has 2 fully saturated rings. The molecule has 10 unspecified atom stereocenters. The molecule has 1 aromatic rings. The van der Waals surface area contributed by atoms with Crippen molar-refractivity contribution in [1.82, 2.24) is 0 Å². The molecule has 0 spiro atoms. The summed E-state index contributed by atoms with van der Waals surface area (Å²) in [5.41, 5.74) is -0.330. The summed E-state index contributed by atoms with van der Waals surface area (Å²) >= 11 is 0. The van der Waals surface area contributed by atoms with Gasteiger partial charge in [0.15, 0.2) is 5.78 Å². The van der Waals surface area contributed by atoms with Crippen LogP contribution in [0.3, 0.4) is 0 Å². The van der Waals surface area contributed by atoms with Crippen LogP contribution in [-0.2, 0) is 9.47 Å². The Morgan fingerprint density at radius 2 is 1.28 bits per heavy atom. The molecular formula is C22H32O14. The Balaban J connectivity index is 1.95. The molecule has 2 heterocycles. The summed E-state index contributed by atoms with van der Waals surface area (Å²) in [5, 5.41) is 89.8. The summed E-state index contributed by atoms with van der Waals surface area (Å²) in [6.45, 7) is 1.67. The molecule has 204 valence electrons. The van der Waals surface area contributed by atoms with Gasteiger partial charge in [-0.15, -0.1) is 0 Å². The lowest BCUT2D eigenvalue weighted by molar-refractivity contribution is -0.278. The number of rotatable bonds is 8. The van der Waals surface area contributed by atoms with E-state index in [9.17, 15) is 50.8 Å². The highest BCUT2D eigenvalue weighted by Crippen LogP contribution is 2.38. The first-order valence-corrected chi connectivity index (χ1v) is 11.3. The van der Waals surface area contributed by atoms with Crippen LogP contribution >= 0.6 is 0 Å². The second-order valence-corrected chi connectivity index (χ2v) is 8.96. The summed E-state index contributed by atoms with van der Waals surface area (Å²) < 4.78 is 21.7. The summed E-state index contributed by atoms with van der Waals surface area (Å²) in [6, 6.07) is 2.08. The number of phenolic OH excluding ortho intramolecular Hbond substituents is 1. The van der Waals surface area contributed by atoms with Crippen LogP contribution in [-0.4, -0.2) is 126 Å². The van der Waals surface area contributed by atoms with Crippen molar-refractivity contribution in [1.29, 1.82) is 0 Å². The van der Waals surface area contributed by atoms with Crippen molar-refractivity contribution in [2.24, 2.45) is 5.92 Å². The maximum Gasteiger partial charge on any atom is 0.229 e. The molecule has 9 N–H and O–H groups in total. The Morgan fingerprint density at radius 3 is 1.72 bits per heavy atom. The lowest BCUT2D eigenvalue weighted by Gasteiger charge is -2.40. The van der Waals surface area contributed by atoms with E-state index in [1.165, 1.54) is 0 Å². The second-order valence-electron chi connectivity index (χ2n) is 8.96. The van der Waals surface area contributed by atoms with Gasteiger partial charge in [0.2, 0.25) is 12.6 Å². The number of Topliss-reactive ketones (excluding diaryl/α,β-unsaturated/α-hetero) is 1. The van der Waals surface area contributed by atoms with Gasteiger partial charge >= 0.3 is 0 Å². The van der Waals surface area contributed by atoms with Gasteiger partial charge in [-0.1, -0.05) is 13.8 Å². The number of hydrogen-bond acceptors (Lipinski definition) is 14. The van der Waals surface area contributed by atoms with Gasteiger partial charge in [0.25, 0.3) is 0 Å². The highest BCUT2D eigenvalue weighted by Gasteiger charge is 2.46. The molecule has 0 aliphatic carbocycles. The standard InChI is InChI=1S/C22H32O14/c1-7(2)14(26)13-9(25)3-8(33-21-19(31)17(29)15(27)11(5-23)35-21)4-10(13)34-22-20(32)18(30)16(28)12(6-24)36-22/h3-4,7,11-12,15-25,27-32H,5-6H2,1-2H3. The maximum atomic E-state index is 12.8. The number of phenols is 1. The van der Waals surface area contributed by atoms with Crippen molar-refractivity contribution in [3.05, 3.63) is 17.7 Å². The third kappa shape index (κ3) is 5.57. The lowest BCUT2D eigenvalue weighted by Crippen LogP contribution is -2.60. The number of hydrogen-bond donors (Lipinski definition) is 9. The van der Waals surface area contributed by atoms with Gasteiger partial charge < -0.3 is 64.9 Å². The SMILES string of the molecule is CC(C)C(=O)c1c(O)cc(OC2OC(CO)C(O)C(O)C2O)cc1OC1OC(CO)C(O)C(O)C1O. The van der Waals surface area contributed by atoms with Crippen LogP contribution in [0, 0.1) is 5.92 Å².